The largest absolute Gasteiger partial charge is 0.435 e. The topological polar surface area (TPSA) is 53.3 Å². The number of likely N-dealkylation sites (tertiary alicyclic amines) is 1. The number of hydrogen-bond donors (Lipinski definition) is 0. The first kappa shape index (κ1) is 19.3. The fourth-order valence-electron chi connectivity index (χ4n) is 4.91. The van der Waals surface area contributed by atoms with E-state index in [0.29, 0.717) is 12.1 Å². The molecule has 1 aromatic carbocycles. The van der Waals surface area contributed by atoms with Crippen LogP contribution in [0.4, 0.5) is 8.78 Å². The van der Waals surface area contributed by atoms with Crippen LogP contribution in [0.3, 0.4) is 0 Å². The van der Waals surface area contributed by atoms with Gasteiger partial charge in [-0.15, -0.1) is 0 Å². The van der Waals surface area contributed by atoms with E-state index in [4.69, 9.17) is 0 Å². The zero-order chi connectivity index (χ0) is 19.8. The summed E-state index contributed by atoms with van der Waals surface area (Å²) >= 11 is 0. The first-order valence-corrected chi connectivity index (χ1v) is 9.09. The normalized spacial score (nSPS) is 26.8. The Labute approximate surface area is 158 Å². The molecule has 1 saturated heterocycles. The van der Waals surface area contributed by atoms with Gasteiger partial charge in [0.2, 0.25) is 0 Å². The van der Waals surface area contributed by atoms with Crippen LogP contribution < -0.4 is 4.74 Å². The van der Waals surface area contributed by atoms with Crippen LogP contribution >= 0.6 is 0 Å². The molecular formula is C21H24F2N2O2. The number of hydrogen-bond acceptors (Lipinski definition) is 3. The van der Waals surface area contributed by atoms with E-state index in [0.717, 1.165) is 19.3 Å². The maximum Gasteiger partial charge on any atom is 0.387 e. The molecule has 1 aliphatic carbocycles. The van der Waals surface area contributed by atoms with Crippen molar-refractivity contribution in [3.8, 4) is 11.8 Å². The molecule has 0 radical (unpaired) electrons. The Balaban J connectivity index is 1.79. The zero-order valence-corrected chi connectivity index (χ0v) is 15.8. The van der Waals surface area contributed by atoms with Crippen LogP contribution in [0.15, 0.2) is 29.8 Å². The van der Waals surface area contributed by atoms with E-state index in [1.807, 2.05) is 11.0 Å². The first-order valence-electron chi connectivity index (χ1n) is 9.09. The van der Waals surface area contributed by atoms with Crippen LogP contribution in [-0.4, -0.2) is 30.0 Å². The second-order valence-corrected chi connectivity index (χ2v) is 8.76. The number of fused-ring (bicyclic) bond motifs is 2. The molecule has 144 valence electrons. The quantitative estimate of drug-likeness (QED) is 0.571. The highest BCUT2D eigenvalue weighted by Crippen LogP contribution is 2.52. The van der Waals surface area contributed by atoms with Crippen molar-refractivity contribution >= 4 is 12.0 Å². The number of ether oxygens (including phenoxy) is 1. The lowest BCUT2D eigenvalue weighted by molar-refractivity contribution is -0.127. The average Bonchev–Trinajstić information content (AvgIpc) is 2.82. The van der Waals surface area contributed by atoms with E-state index in [1.165, 1.54) is 18.2 Å². The summed E-state index contributed by atoms with van der Waals surface area (Å²) in [5.41, 5.74) is 0.933. The lowest BCUT2D eigenvalue weighted by Crippen LogP contribution is -2.38. The van der Waals surface area contributed by atoms with Crippen molar-refractivity contribution in [3.05, 3.63) is 35.4 Å². The van der Waals surface area contributed by atoms with E-state index < -0.39 is 6.61 Å². The monoisotopic (exact) mass is 374 g/mol. The van der Waals surface area contributed by atoms with Gasteiger partial charge in [-0.2, -0.15) is 14.0 Å². The summed E-state index contributed by atoms with van der Waals surface area (Å²) in [6.07, 6.45) is 4.48. The number of alkyl halides is 2. The van der Waals surface area contributed by atoms with Crippen molar-refractivity contribution in [2.75, 3.05) is 6.54 Å². The molecule has 6 heteroatoms. The van der Waals surface area contributed by atoms with Crippen LogP contribution in [0.5, 0.6) is 5.75 Å². The number of nitriles is 1. The molecule has 1 heterocycles. The van der Waals surface area contributed by atoms with E-state index in [2.05, 4.69) is 25.5 Å². The Morgan fingerprint density at radius 2 is 1.96 bits per heavy atom. The molecule has 2 aliphatic rings. The fraction of sp³-hybridized carbons (Fsp3) is 0.524. The number of carbonyl (C=O) groups is 1. The highest BCUT2D eigenvalue weighted by Gasteiger charge is 2.51. The first-order chi connectivity index (χ1) is 12.6. The van der Waals surface area contributed by atoms with Gasteiger partial charge in [-0.25, -0.2) is 0 Å². The van der Waals surface area contributed by atoms with Gasteiger partial charge in [0.05, 0.1) is 0 Å². The van der Waals surface area contributed by atoms with Crippen molar-refractivity contribution in [1.82, 2.24) is 4.90 Å². The van der Waals surface area contributed by atoms with Gasteiger partial charge < -0.3 is 9.64 Å². The Hall–Kier alpha value is -2.42. The number of rotatable bonds is 4. The summed E-state index contributed by atoms with van der Waals surface area (Å²) in [6.45, 7) is 4.46. The smallest absolute Gasteiger partial charge is 0.387 e. The van der Waals surface area contributed by atoms with E-state index in [1.54, 1.807) is 12.1 Å². The number of halogens is 2. The summed E-state index contributed by atoms with van der Waals surface area (Å²) in [5, 5.41) is 9.51. The van der Waals surface area contributed by atoms with Crippen molar-refractivity contribution in [2.24, 2.45) is 10.8 Å². The van der Waals surface area contributed by atoms with E-state index in [9.17, 15) is 18.8 Å². The van der Waals surface area contributed by atoms with Crippen LogP contribution in [-0.2, 0) is 4.79 Å². The standard InChI is InChI=1S/C21H24F2N2O2/c1-20(2)9-16-10-21(3,12-20)13-25(16)18(26)15(11-24)8-14-4-6-17(7-5-14)27-19(22)23/h4-8,16,19H,9-10,12-13H2,1-3H3/b15-8+/t16-,21-/m0/s1. The second kappa shape index (κ2) is 6.95. The molecule has 0 unspecified atom stereocenters. The number of amides is 1. The molecule has 0 N–H and O–H groups in total. The summed E-state index contributed by atoms with van der Waals surface area (Å²) < 4.78 is 28.8. The Morgan fingerprint density at radius 1 is 1.30 bits per heavy atom. The SMILES string of the molecule is CC1(C)C[C@H]2C[C@](C)(CN2C(=O)/C(C#N)=C/c2ccc(OC(F)F)cc2)C1. The van der Waals surface area contributed by atoms with Crippen LogP contribution in [0, 0.1) is 22.2 Å². The molecule has 1 saturated carbocycles. The highest BCUT2D eigenvalue weighted by molar-refractivity contribution is 6.02. The minimum absolute atomic E-state index is 0.0375. The number of benzene rings is 1. The van der Waals surface area contributed by atoms with Crippen LogP contribution in [0.25, 0.3) is 6.08 Å². The van der Waals surface area contributed by atoms with Gasteiger partial charge in [0.1, 0.15) is 17.4 Å². The zero-order valence-electron chi connectivity index (χ0n) is 15.8. The minimum Gasteiger partial charge on any atom is -0.435 e. The predicted octanol–water partition coefficient (Wildman–Crippen LogP) is 4.62. The Bertz CT molecular complexity index is 795. The molecule has 0 aromatic heterocycles. The summed E-state index contributed by atoms with van der Waals surface area (Å²) in [4.78, 5) is 14.8. The molecule has 0 spiro atoms. The van der Waals surface area contributed by atoms with Gasteiger partial charge in [-0.05, 0) is 53.9 Å². The maximum absolute atomic E-state index is 13.0. The van der Waals surface area contributed by atoms with Gasteiger partial charge in [0.15, 0.2) is 0 Å². The molecule has 4 nitrogen and oxygen atoms in total. The third kappa shape index (κ3) is 4.29. The molecule has 1 aromatic rings. The number of nitrogens with zero attached hydrogens (tertiary/aromatic N) is 2. The van der Waals surface area contributed by atoms with E-state index in [-0.39, 0.29) is 34.1 Å². The molecule has 1 amide bonds. The molecule has 2 atom stereocenters. The third-order valence-corrected chi connectivity index (χ3v) is 5.44. The van der Waals surface area contributed by atoms with Gasteiger partial charge in [0, 0.05) is 12.6 Å². The van der Waals surface area contributed by atoms with Gasteiger partial charge in [-0.1, -0.05) is 32.9 Å². The Morgan fingerprint density at radius 3 is 2.56 bits per heavy atom. The van der Waals surface area contributed by atoms with Crippen molar-refractivity contribution in [1.29, 1.82) is 5.26 Å². The molecule has 2 fully saturated rings. The molecule has 27 heavy (non-hydrogen) atoms. The maximum atomic E-state index is 13.0. The predicted molar refractivity (Wildman–Crippen MR) is 97.9 cm³/mol. The van der Waals surface area contributed by atoms with Crippen LogP contribution in [0.1, 0.15) is 45.6 Å². The molecule has 3 rings (SSSR count). The molecular weight excluding hydrogens is 350 g/mol. The molecule has 1 aliphatic heterocycles. The van der Waals surface area contributed by atoms with Gasteiger partial charge >= 0.3 is 6.61 Å². The van der Waals surface area contributed by atoms with Crippen molar-refractivity contribution in [2.45, 2.75) is 52.7 Å². The van der Waals surface area contributed by atoms with Crippen molar-refractivity contribution < 1.29 is 18.3 Å². The fourth-order valence-corrected chi connectivity index (χ4v) is 4.91. The average molecular weight is 374 g/mol. The summed E-state index contributed by atoms with van der Waals surface area (Å²) in [6, 6.07) is 8.05. The summed E-state index contributed by atoms with van der Waals surface area (Å²) in [5.74, 6) is -0.215. The Kier molecular flexibility index (Phi) is 4.98. The summed E-state index contributed by atoms with van der Waals surface area (Å²) in [7, 11) is 0. The van der Waals surface area contributed by atoms with E-state index >= 15 is 0 Å². The van der Waals surface area contributed by atoms with Crippen molar-refractivity contribution in [3.63, 3.8) is 0 Å². The lowest BCUT2D eigenvalue weighted by Gasteiger charge is -2.39. The number of carbonyl (C=O) groups excluding carboxylic acids is 1. The van der Waals surface area contributed by atoms with Gasteiger partial charge in [0.25, 0.3) is 5.91 Å². The second-order valence-electron chi connectivity index (χ2n) is 8.76. The third-order valence-electron chi connectivity index (χ3n) is 5.44. The molecule has 2 bridgehead atoms. The highest BCUT2D eigenvalue weighted by atomic mass is 19.3. The lowest BCUT2D eigenvalue weighted by atomic mass is 9.65. The van der Waals surface area contributed by atoms with Crippen LogP contribution in [0.2, 0.25) is 0 Å². The minimum atomic E-state index is -2.89. The van der Waals surface area contributed by atoms with Gasteiger partial charge in [-0.3, -0.25) is 4.79 Å².